The molecule has 1 aliphatic carbocycles. The molecule has 2 N–H and O–H groups in total. The van der Waals surface area contributed by atoms with Crippen molar-refractivity contribution in [2.75, 3.05) is 0 Å². The highest BCUT2D eigenvalue weighted by atomic mass is 16.3. The Bertz CT molecular complexity index is 801. The molecule has 194 valence electrons. The van der Waals surface area contributed by atoms with Crippen molar-refractivity contribution in [2.24, 2.45) is 16.7 Å². The van der Waals surface area contributed by atoms with Gasteiger partial charge in [0, 0.05) is 11.3 Å². The number of aliphatic hydroxyl groups is 2. The first kappa shape index (κ1) is 30.5. The van der Waals surface area contributed by atoms with Gasteiger partial charge in [0.15, 0.2) is 0 Å². The molecule has 2 unspecified atom stereocenters. The highest BCUT2D eigenvalue weighted by Crippen LogP contribution is 2.44. The third-order valence-electron chi connectivity index (χ3n) is 8.32. The average molecular weight is 471 g/mol. The maximum absolute atomic E-state index is 10.4. The molecule has 0 aliphatic heterocycles. The molecule has 0 aromatic heterocycles. The highest BCUT2D eigenvalue weighted by molar-refractivity contribution is 5.38. The van der Waals surface area contributed by atoms with Crippen LogP contribution in [-0.4, -0.2) is 16.3 Å². The minimum absolute atomic E-state index is 0.0497. The van der Waals surface area contributed by atoms with Crippen molar-refractivity contribution in [3.8, 4) is 0 Å². The minimum Gasteiger partial charge on any atom is -0.513 e. The molecule has 0 aromatic rings. The predicted molar refractivity (Wildman–Crippen MR) is 150 cm³/mol. The second kappa shape index (κ2) is 13.5. The third kappa shape index (κ3) is 9.98. The number of rotatable bonds is 14. The fourth-order valence-corrected chi connectivity index (χ4v) is 4.78. The van der Waals surface area contributed by atoms with Crippen LogP contribution in [-0.2, 0) is 0 Å². The summed E-state index contributed by atoms with van der Waals surface area (Å²) in [6, 6.07) is 0. The maximum atomic E-state index is 10.4. The molecule has 2 atom stereocenters. The molecule has 1 aliphatic rings. The molecule has 0 fully saturated rings. The van der Waals surface area contributed by atoms with Crippen molar-refractivity contribution < 1.29 is 10.2 Å². The lowest BCUT2D eigenvalue weighted by molar-refractivity contribution is 0.241. The van der Waals surface area contributed by atoms with Crippen LogP contribution < -0.4 is 0 Å². The van der Waals surface area contributed by atoms with Gasteiger partial charge in [-0.2, -0.15) is 0 Å². The summed E-state index contributed by atoms with van der Waals surface area (Å²) in [5.74, 6) is 0.479. The van der Waals surface area contributed by atoms with Crippen LogP contribution in [0.2, 0.25) is 0 Å². The standard InChI is InChI=1S/C32H54O2/c1-23(16-12-18-25(3)28(6)33)14-11-15-24(2)17-13-20-31(7,8)21-19-29-22-30(34)26(4)27(5)32(29,9)10/h16-17,22,25,30,33-34H,6,11-15,18-21H2,1-5,7-10H3/b23-16+,24-17+. The van der Waals surface area contributed by atoms with Gasteiger partial charge in [-0.1, -0.05) is 81.7 Å². The number of hydrogen-bond acceptors (Lipinski definition) is 2. The van der Waals surface area contributed by atoms with E-state index in [1.165, 1.54) is 41.6 Å². The molecular formula is C32H54O2. The second-order valence-corrected chi connectivity index (χ2v) is 12.2. The van der Waals surface area contributed by atoms with E-state index in [4.69, 9.17) is 0 Å². The largest absolute Gasteiger partial charge is 0.513 e. The van der Waals surface area contributed by atoms with Crippen LogP contribution in [0, 0.1) is 16.7 Å². The fraction of sp³-hybridized carbons (Fsp3) is 0.688. The second-order valence-electron chi connectivity index (χ2n) is 12.2. The third-order valence-corrected chi connectivity index (χ3v) is 8.32. The fourth-order valence-electron chi connectivity index (χ4n) is 4.78. The van der Waals surface area contributed by atoms with Gasteiger partial charge >= 0.3 is 0 Å². The molecular weight excluding hydrogens is 416 g/mol. The van der Waals surface area contributed by atoms with Crippen molar-refractivity contribution in [3.63, 3.8) is 0 Å². The minimum atomic E-state index is -0.417. The van der Waals surface area contributed by atoms with Gasteiger partial charge in [-0.3, -0.25) is 0 Å². The van der Waals surface area contributed by atoms with Crippen LogP contribution in [0.15, 0.2) is 58.4 Å². The Kier molecular flexibility index (Phi) is 12.1. The summed E-state index contributed by atoms with van der Waals surface area (Å²) in [6.45, 7) is 23.7. The van der Waals surface area contributed by atoms with E-state index in [9.17, 15) is 10.2 Å². The van der Waals surface area contributed by atoms with E-state index in [1.807, 2.05) is 6.92 Å². The zero-order chi connectivity index (χ0) is 26.1. The number of hydrogen-bond donors (Lipinski definition) is 2. The van der Waals surface area contributed by atoms with Crippen LogP contribution in [0.5, 0.6) is 0 Å². The Labute approximate surface area is 211 Å². The maximum Gasteiger partial charge on any atom is 0.0934 e. The van der Waals surface area contributed by atoms with Gasteiger partial charge in [-0.25, -0.2) is 0 Å². The van der Waals surface area contributed by atoms with E-state index in [-0.39, 0.29) is 11.3 Å². The van der Waals surface area contributed by atoms with Gasteiger partial charge in [0.1, 0.15) is 0 Å². The molecule has 1 rings (SSSR count). The average Bonchev–Trinajstić information content (AvgIpc) is 2.73. The van der Waals surface area contributed by atoms with Crippen molar-refractivity contribution in [1.29, 1.82) is 0 Å². The Balaban J connectivity index is 2.41. The van der Waals surface area contributed by atoms with Crippen molar-refractivity contribution in [1.82, 2.24) is 0 Å². The van der Waals surface area contributed by atoms with Crippen LogP contribution in [0.1, 0.15) is 120 Å². The lowest BCUT2D eigenvalue weighted by Gasteiger charge is -2.38. The van der Waals surface area contributed by atoms with Crippen LogP contribution >= 0.6 is 0 Å². The monoisotopic (exact) mass is 470 g/mol. The van der Waals surface area contributed by atoms with E-state index >= 15 is 0 Å². The van der Waals surface area contributed by atoms with Gasteiger partial charge in [0.05, 0.1) is 11.9 Å². The zero-order valence-electron chi connectivity index (χ0n) is 23.9. The normalized spacial score (nSPS) is 20.4. The molecule has 0 heterocycles. The summed E-state index contributed by atoms with van der Waals surface area (Å²) in [6.07, 6.45) is 16.5. The lowest BCUT2D eigenvalue weighted by Crippen LogP contribution is -2.27. The summed E-state index contributed by atoms with van der Waals surface area (Å²) in [4.78, 5) is 0. The van der Waals surface area contributed by atoms with E-state index in [0.717, 1.165) is 44.1 Å². The zero-order valence-corrected chi connectivity index (χ0v) is 23.9. The molecule has 0 saturated heterocycles. The van der Waals surface area contributed by atoms with Gasteiger partial charge in [0.2, 0.25) is 0 Å². The van der Waals surface area contributed by atoms with E-state index in [0.29, 0.717) is 11.2 Å². The summed E-state index contributed by atoms with van der Waals surface area (Å²) in [5.41, 5.74) is 7.13. The molecule has 2 nitrogen and oxygen atoms in total. The van der Waals surface area contributed by atoms with E-state index < -0.39 is 6.10 Å². The van der Waals surface area contributed by atoms with Crippen molar-refractivity contribution in [2.45, 2.75) is 126 Å². The van der Waals surface area contributed by atoms with Gasteiger partial charge in [-0.05, 0) is 96.5 Å². The molecule has 0 radical (unpaired) electrons. The topological polar surface area (TPSA) is 40.5 Å². The van der Waals surface area contributed by atoms with E-state index in [2.05, 4.69) is 80.2 Å². The Morgan fingerprint density at radius 2 is 1.65 bits per heavy atom. The molecule has 0 aromatic carbocycles. The molecule has 0 amide bonds. The Morgan fingerprint density at radius 3 is 2.21 bits per heavy atom. The lowest BCUT2D eigenvalue weighted by atomic mass is 9.68. The number of allylic oxidation sites excluding steroid dienone is 7. The first-order valence-corrected chi connectivity index (χ1v) is 13.4. The predicted octanol–water partition coefficient (Wildman–Crippen LogP) is 9.79. The smallest absolute Gasteiger partial charge is 0.0934 e. The quantitative estimate of drug-likeness (QED) is 0.196. The van der Waals surface area contributed by atoms with Gasteiger partial charge in [-0.15, -0.1) is 0 Å². The number of aliphatic hydroxyl groups excluding tert-OH is 2. The first-order chi connectivity index (χ1) is 15.7. The highest BCUT2D eigenvalue weighted by Gasteiger charge is 2.33. The van der Waals surface area contributed by atoms with Crippen molar-refractivity contribution in [3.05, 3.63) is 58.4 Å². The SMILES string of the molecule is C=C(O)C(C)CC/C=C(\C)CCC/C(C)=C/CCC(C)(C)CCC1=CC(O)C(C)=C(C)C1(C)C. The molecule has 0 saturated carbocycles. The summed E-state index contributed by atoms with van der Waals surface area (Å²) in [5, 5.41) is 19.8. The summed E-state index contributed by atoms with van der Waals surface area (Å²) < 4.78 is 0. The van der Waals surface area contributed by atoms with Crippen LogP contribution in [0.3, 0.4) is 0 Å². The Morgan fingerprint density at radius 1 is 1.09 bits per heavy atom. The van der Waals surface area contributed by atoms with E-state index in [1.54, 1.807) is 0 Å². The molecule has 2 heteroatoms. The van der Waals surface area contributed by atoms with Crippen LogP contribution in [0.25, 0.3) is 0 Å². The first-order valence-electron chi connectivity index (χ1n) is 13.4. The van der Waals surface area contributed by atoms with Gasteiger partial charge < -0.3 is 10.2 Å². The summed E-state index contributed by atoms with van der Waals surface area (Å²) >= 11 is 0. The molecule has 34 heavy (non-hydrogen) atoms. The van der Waals surface area contributed by atoms with Gasteiger partial charge in [0.25, 0.3) is 0 Å². The summed E-state index contributed by atoms with van der Waals surface area (Å²) in [7, 11) is 0. The molecule has 0 spiro atoms. The Hall–Kier alpha value is -1.54. The molecule has 0 bridgehead atoms. The van der Waals surface area contributed by atoms with Crippen molar-refractivity contribution >= 4 is 0 Å². The van der Waals surface area contributed by atoms with Crippen LogP contribution in [0.4, 0.5) is 0 Å².